The third kappa shape index (κ3) is 3.30. The van der Waals surface area contributed by atoms with Crippen LogP contribution in [0.3, 0.4) is 0 Å². The molecule has 0 aliphatic heterocycles. The minimum atomic E-state index is -0.815. The molecular weight excluding hydrogens is 384 g/mol. The molecule has 152 valence electrons. The fourth-order valence-corrected chi connectivity index (χ4v) is 3.42. The number of Topliss-reactive ketones (excluding diaryl/α,β-unsaturated/α-hetero) is 1. The zero-order chi connectivity index (χ0) is 21.4. The average Bonchev–Trinajstić information content (AvgIpc) is 3.30. The number of carbonyl (C=O) groups is 2. The SMILES string of the molecule is CCc1c(C)nc(-n2nc(C)cc2NC(=O)C(=O)c2c[nH]c3ccccc23)[nH]c1=O. The van der Waals surface area contributed by atoms with Gasteiger partial charge in [-0.15, -0.1) is 0 Å². The normalized spacial score (nSPS) is 11.0. The molecule has 3 heterocycles. The number of para-hydroxylation sites is 1. The highest BCUT2D eigenvalue weighted by Crippen LogP contribution is 2.20. The Hall–Kier alpha value is -4.01. The van der Waals surface area contributed by atoms with Crippen LogP contribution in [0.2, 0.25) is 0 Å². The van der Waals surface area contributed by atoms with E-state index in [4.69, 9.17) is 0 Å². The predicted octanol–water partition coefficient (Wildman–Crippen LogP) is 2.44. The molecule has 0 atom stereocenters. The van der Waals surface area contributed by atoms with Crippen molar-refractivity contribution in [1.82, 2.24) is 24.7 Å². The van der Waals surface area contributed by atoms with Crippen LogP contribution in [0.1, 0.15) is 34.2 Å². The number of hydrogen-bond donors (Lipinski definition) is 3. The Labute approximate surface area is 171 Å². The molecule has 3 aromatic heterocycles. The molecule has 0 aliphatic rings. The fraction of sp³-hybridized carbons (Fsp3) is 0.190. The molecule has 30 heavy (non-hydrogen) atoms. The van der Waals surface area contributed by atoms with Gasteiger partial charge in [0.1, 0.15) is 5.82 Å². The van der Waals surface area contributed by atoms with Gasteiger partial charge < -0.3 is 10.3 Å². The van der Waals surface area contributed by atoms with Gasteiger partial charge in [-0.05, 0) is 26.3 Å². The van der Waals surface area contributed by atoms with Crippen LogP contribution < -0.4 is 10.9 Å². The minimum Gasteiger partial charge on any atom is -0.360 e. The maximum atomic E-state index is 12.7. The summed E-state index contributed by atoms with van der Waals surface area (Å²) in [5.74, 6) is -1.10. The van der Waals surface area contributed by atoms with Gasteiger partial charge in [-0.25, -0.2) is 4.98 Å². The van der Waals surface area contributed by atoms with E-state index in [0.717, 1.165) is 5.52 Å². The van der Waals surface area contributed by atoms with E-state index >= 15 is 0 Å². The number of rotatable bonds is 5. The molecule has 0 unspecified atom stereocenters. The summed E-state index contributed by atoms with van der Waals surface area (Å²) in [4.78, 5) is 47.8. The number of aryl methyl sites for hydroxylation is 2. The van der Waals surface area contributed by atoms with Crippen LogP contribution in [0, 0.1) is 13.8 Å². The highest BCUT2D eigenvalue weighted by molar-refractivity contribution is 6.48. The minimum absolute atomic E-state index is 0.164. The number of H-pyrrole nitrogens is 2. The number of carbonyl (C=O) groups excluding carboxylic acids is 2. The van der Waals surface area contributed by atoms with Gasteiger partial charge >= 0.3 is 0 Å². The molecule has 4 aromatic rings. The molecule has 0 saturated heterocycles. The molecule has 0 fully saturated rings. The van der Waals surface area contributed by atoms with E-state index in [2.05, 4.69) is 25.4 Å². The molecule has 0 aliphatic carbocycles. The molecule has 9 nitrogen and oxygen atoms in total. The van der Waals surface area contributed by atoms with Gasteiger partial charge in [0.2, 0.25) is 5.95 Å². The third-order valence-corrected chi connectivity index (χ3v) is 4.88. The molecule has 0 spiro atoms. The fourth-order valence-electron chi connectivity index (χ4n) is 3.42. The van der Waals surface area contributed by atoms with Crippen molar-refractivity contribution in [2.45, 2.75) is 27.2 Å². The summed E-state index contributed by atoms with van der Waals surface area (Å²) in [7, 11) is 0. The van der Waals surface area contributed by atoms with E-state index in [1.165, 1.54) is 10.9 Å². The van der Waals surface area contributed by atoms with Crippen LogP contribution in [0.5, 0.6) is 0 Å². The van der Waals surface area contributed by atoms with Crippen molar-refractivity contribution in [2.24, 2.45) is 0 Å². The number of anilines is 1. The second-order valence-electron chi connectivity index (χ2n) is 6.92. The van der Waals surface area contributed by atoms with Crippen LogP contribution >= 0.6 is 0 Å². The number of nitrogens with one attached hydrogen (secondary N) is 3. The van der Waals surface area contributed by atoms with Crippen LogP contribution in [-0.2, 0) is 11.2 Å². The first-order chi connectivity index (χ1) is 14.4. The topological polar surface area (TPSA) is 126 Å². The second-order valence-corrected chi connectivity index (χ2v) is 6.92. The lowest BCUT2D eigenvalue weighted by Gasteiger charge is -2.09. The summed E-state index contributed by atoms with van der Waals surface area (Å²) in [5, 5.41) is 7.55. The predicted molar refractivity (Wildman–Crippen MR) is 112 cm³/mol. The standard InChI is InChI=1S/C21H20N6O3/c1-4-13-12(3)23-21(25-19(13)29)27-17(9-11(2)26-27)24-20(30)18(28)15-10-22-16-8-6-5-7-14(15)16/h5-10,22H,4H2,1-3H3,(H,24,30)(H,23,25,29). The first-order valence-corrected chi connectivity index (χ1v) is 9.47. The number of amides is 1. The molecule has 1 amide bonds. The van der Waals surface area contributed by atoms with Gasteiger partial charge in [-0.2, -0.15) is 9.78 Å². The van der Waals surface area contributed by atoms with E-state index in [1.54, 1.807) is 32.0 Å². The third-order valence-electron chi connectivity index (χ3n) is 4.88. The maximum absolute atomic E-state index is 12.7. The molecule has 4 rings (SSSR count). The number of benzene rings is 1. The van der Waals surface area contributed by atoms with E-state index < -0.39 is 11.7 Å². The van der Waals surface area contributed by atoms with E-state index in [1.807, 2.05) is 19.1 Å². The highest BCUT2D eigenvalue weighted by Gasteiger charge is 2.22. The van der Waals surface area contributed by atoms with E-state index in [9.17, 15) is 14.4 Å². The van der Waals surface area contributed by atoms with Gasteiger partial charge in [0, 0.05) is 34.4 Å². The monoisotopic (exact) mass is 404 g/mol. The van der Waals surface area contributed by atoms with Gasteiger partial charge in [-0.3, -0.25) is 19.4 Å². The summed E-state index contributed by atoms with van der Waals surface area (Å²) in [6, 6.07) is 8.84. The van der Waals surface area contributed by atoms with Crippen molar-refractivity contribution in [3.8, 4) is 5.95 Å². The lowest BCUT2D eigenvalue weighted by Crippen LogP contribution is -2.25. The molecule has 9 heteroatoms. The van der Waals surface area contributed by atoms with Gasteiger partial charge in [0.25, 0.3) is 17.2 Å². The number of ketones is 1. The number of aromatic amines is 2. The summed E-state index contributed by atoms with van der Waals surface area (Å²) in [5.41, 5.74) is 2.53. The Kier molecular flexibility index (Phi) is 4.78. The summed E-state index contributed by atoms with van der Waals surface area (Å²) < 4.78 is 1.31. The van der Waals surface area contributed by atoms with Crippen molar-refractivity contribution < 1.29 is 9.59 Å². The zero-order valence-electron chi connectivity index (χ0n) is 16.7. The number of nitrogens with zero attached hydrogens (tertiary/aromatic N) is 3. The van der Waals surface area contributed by atoms with Crippen molar-refractivity contribution >= 4 is 28.4 Å². The largest absolute Gasteiger partial charge is 0.360 e. The molecule has 0 bridgehead atoms. The first kappa shape index (κ1) is 19.3. The van der Waals surface area contributed by atoms with Crippen molar-refractivity contribution in [3.05, 3.63) is 69.4 Å². The Morgan fingerprint density at radius 1 is 1.20 bits per heavy atom. The average molecular weight is 404 g/mol. The second kappa shape index (κ2) is 7.43. The zero-order valence-corrected chi connectivity index (χ0v) is 16.7. The van der Waals surface area contributed by atoms with Crippen LogP contribution in [-0.4, -0.2) is 36.4 Å². The Morgan fingerprint density at radius 3 is 2.70 bits per heavy atom. The quantitative estimate of drug-likeness (QED) is 0.348. The van der Waals surface area contributed by atoms with Crippen LogP contribution in [0.25, 0.3) is 16.9 Å². The van der Waals surface area contributed by atoms with Crippen LogP contribution in [0.15, 0.2) is 41.3 Å². The maximum Gasteiger partial charge on any atom is 0.298 e. The highest BCUT2D eigenvalue weighted by atomic mass is 16.2. The van der Waals surface area contributed by atoms with Crippen LogP contribution in [0.4, 0.5) is 5.82 Å². The summed E-state index contributed by atoms with van der Waals surface area (Å²) in [6.07, 6.45) is 2.07. The molecule has 0 radical (unpaired) electrons. The number of fused-ring (bicyclic) bond motifs is 1. The lowest BCUT2D eigenvalue weighted by atomic mass is 10.1. The molecule has 0 saturated carbocycles. The number of hydrogen-bond acceptors (Lipinski definition) is 5. The smallest absolute Gasteiger partial charge is 0.298 e. The van der Waals surface area contributed by atoms with E-state index in [-0.39, 0.29) is 22.9 Å². The number of aromatic nitrogens is 5. The van der Waals surface area contributed by atoms with E-state index in [0.29, 0.717) is 28.8 Å². The summed E-state index contributed by atoms with van der Waals surface area (Å²) in [6.45, 7) is 5.35. The Balaban J connectivity index is 1.67. The molecular formula is C21H20N6O3. The van der Waals surface area contributed by atoms with Gasteiger partial charge in [-0.1, -0.05) is 25.1 Å². The molecule has 3 N–H and O–H groups in total. The first-order valence-electron chi connectivity index (χ1n) is 9.47. The van der Waals surface area contributed by atoms with Crippen molar-refractivity contribution in [1.29, 1.82) is 0 Å². The van der Waals surface area contributed by atoms with Crippen molar-refractivity contribution in [3.63, 3.8) is 0 Å². The van der Waals surface area contributed by atoms with Gasteiger partial charge in [0.05, 0.1) is 11.3 Å². The summed E-state index contributed by atoms with van der Waals surface area (Å²) >= 11 is 0. The molecule has 1 aromatic carbocycles. The van der Waals surface area contributed by atoms with Crippen molar-refractivity contribution in [2.75, 3.05) is 5.32 Å². The Morgan fingerprint density at radius 2 is 1.97 bits per heavy atom. The Bertz CT molecular complexity index is 1340. The van der Waals surface area contributed by atoms with Gasteiger partial charge in [0.15, 0.2) is 0 Å². The lowest BCUT2D eigenvalue weighted by molar-refractivity contribution is -0.112.